The first-order chi connectivity index (χ1) is 11.3. The maximum absolute atomic E-state index is 5.13. The molecule has 2 aromatic rings. The van der Waals surface area contributed by atoms with E-state index in [4.69, 9.17) is 4.52 Å². The van der Waals surface area contributed by atoms with Gasteiger partial charge in [-0.2, -0.15) is 0 Å². The Balaban J connectivity index is 1.24. The number of hydrogen-bond acceptors (Lipinski definition) is 7. The van der Waals surface area contributed by atoms with E-state index in [9.17, 15) is 0 Å². The van der Waals surface area contributed by atoms with Gasteiger partial charge in [0.15, 0.2) is 0 Å². The van der Waals surface area contributed by atoms with Gasteiger partial charge in [-0.3, -0.25) is 9.80 Å². The lowest BCUT2D eigenvalue weighted by Gasteiger charge is -2.48. The van der Waals surface area contributed by atoms with Gasteiger partial charge in [-0.15, -0.1) is 0 Å². The zero-order valence-corrected chi connectivity index (χ0v) is 13.4. The Kier molecular flexibility index (Phi) is 3.97. The molecule has 0 N–H and O–H groups in total. The van der Waals surface area contributed by atoms with Crippen LogP contribution in [0.4, 0.5) is 5.95 Å². The van der Waals surface area contributed by atoms with Crippen molar-refractivity contribution in [3.05, 3.63) is 36.0 Å². The predicted molar refractivity (Wildman–Crippen MR) is 86.1 cm³/mol. The molecule has 2 saturated heterocycles. The van der Waals surface area contributed by atoms with Crippen molar-refractivity contribution in [2.75, 3.05) is 44.2 Å². The Hall–Kier alpha value is -1.99. The van der Waals surface area contributed by atoms with E-state index in [1.807, 2.05) is 31.6 Å². The van der Waals surface area contributed by atoms with Gasteiger partial charge in [0.25, 0.3) is 0 Å². The van der Waals surface area contributed by atoms with Gasteiger partial charge < -0.3 is 9.42 Å². The molecule has 0 radical (unpaired) electrons. The molecule has 0 saturated carbocycles. The molecule has 7 nitrogen and oxygen atoms in total. The summed E-state index contributed by atoms with van der Waals surface area (Å²) in [5.74, 6) is 1.79. The van der Waals surface area contributed by atoms with Crippen molar-refractivity contribution < 1.29 is 4.52 Å². The van der Waals surface area contributed by atoms with Crippen LogP contribution in [0, 0.1) is 6.92 Å². The van der Waals surface area contributed by atoms with E-state index in [0.29, 0.717) is 6.04 Å². The number of aryl methyl sites for hydroxylation is 1. The third-order valence-corrected chi connectivity index (χ3v) is 4.85. The minimum absolute atomic E-state index is 0.675. The lowest BCUT2D eigenvalue weighted by Crippen LogP contribution is -2.62. The molecule has 0 amide bonds. The van der Waals surface area contributed by atoms with E-state index < -0.39 is 0 Å². The fourth-order valence-electron chi connectivity index (χ4n) is 3.36. The average molecular weight is 314 g/mol. The molecule has 0 aliphatic carbocycles. The van der Waals surface area contributed by atoms with Crippen molar-refractivity contribution in [2.45, 2.75) is 19.5 Å². The van der Waals surface area contributed by atoms with Crippen LogP contribution in [0.2, 0.25) is 0 Å². The van der Waals surface area contributed by atoms with Crippen LogP contribution in [-0.4, -0.2) is 70.2 Å². The van der Waals surface area contributed by atoms with Gasteiger partial charge >= 0.3 is 0 Å². The summed E-state index contributed by atoms with van der Waals surface area (Å²) in [5.41, 5.74) is 1.20. The molecule has 122 valence electrons. The molecule has 0 unspecified atom stereocenters. The fourth-order valence-corrected chi connectivity index (χ4v) is 3.36. The smallest absolute Gasteiger partial charge is 0.225 e. The van der Waals surface area contributed by atoms with Crippen LogP contribution in [-0.2, 0) is 6.54 Å². The Bertz CT molecular complexity index is 631. The van der Waals surface area contributed by atoms with E-state index in [1.54, 1.807) is 0 Å². The maximum atomic E-state index is 5.13. The van der Waals surface area contributed by atoms with E-state index >= 15 is 0 Å². The second-order valence-corrected chi connectivity index (χ2v) is 6.33. The number of likely N-dealkylation sites (tertiary alicyclic amines) is 1. The molecule has 0 aromatic carbocycles. The highest BCUT2D eigenvalue weighted by Crippen LogP contribution is 2.21. The molecule has 4 heterocycles. The molecule has 0 bridgehead atoms. The molecule has 2 aromatic heterocycles. The molecule has 4 rings (SSSR count). The summed E-state index contributed by atoms with van der Waals surface area (Å²) in [6.07, 6.45) is 5.46. The SMILES string of the molecule is Cc1oncc1CN1CC(N2CCN(c3ncccn3)CC2)C1. The Morgan fingerprint density at radius 3 is 2.52 bits per heavy atom. The summed E-state index contributed by atoms with van der Waals surface area (Å²) in [7, 11) is 0. The highest BCUT2D eigenvalue weighted by molar-refractivity contribution is 5.29. The second kappa shape index (κ2) is 6.25. The van der Waals surface area contributed by atoms with E-state index in [1.165, 1.54) is 5.56 Å². The zero-order chi connectivity index (χ0) is 15.6. The molecule has 2 aliphatic rings. The lowest BCUT2D eigenvalue weighted by molar-refractivity contribution is 0.0252. The molecule has 2 aliphatic heterocycles. The topological polar surface area (TPSA) is 61.5 Å². The van der Waals surface area contributed by atoms with E-state index in [-0.39, 0.29) is 0 Å². The Morgan fingerprint density at radius 1 is 1.13 bits per heavy atom. The van der Waals surface area contributed by atoms with Gasteiger partial charge in [0, 0.05) is 69.8 Å². The minimum atomic E-state index is 0.675. The zero-order valence-electron chi connectivity index (χ0n) is 13.4. The summed E-state index contributed by atoms with van der Waals surface area (Å²) in [4.78, 5) is 16.0. The summed E-state index contributed by atoms with van der Waals surface area (Å²) in [6, 6.07) is 2.54. The summed E-state index contributed by atoms with van der Waals surface area (Å²) >= 11 is 0. The summed E-state index contributed by atoms with van der Waals surface area (Å²) in [5, 5.41) is 3.85. The van der Waals surface area contributed by atoms with Gasteiger partial charge in [-0.1, -0.05) is 5.16 Å². The molecule has 7 heteroatoms. The summed E-state index contributed by atoms with van der Waals surface area (Å²) in [6.45, 7) is 9.37. The number of aromatic nitrogens is 3. The van der Waals surface area contributed by atoms with Crippen LogP contribution >= 0.6 is 0 Å². The van der Waals surface area contributed by atoms with Crippen LogP contribution in [0.1, 0.15) is 11.3 Å². The number of rotatable bonds is 4. The van der Waals surface area contributed by atoms with Crippen LogP contribution in [0.5, 0.6) is 0 Å². The van der Waals surface area contributed by atoms with Crippen LogP contribution in [0.3, 0.4) is 0 Å². The van der Waals surface area contributed by atoms with Crippen molar-refractivity contribution in [3.8, 4) is 0 Å². The van der Waals surface area contributed by atoms with Crippen molar-refractivity contribution in [1.29, 1.82) is 0 Å². The first-order valence-corrected chi connectivity index (χ1v) is 8.18. The monoisotopic (exact) mass is 314 g/mol. The molecular formula is C16H22N6O. The predicted octanol–water partition coefficient (Wildman–Crippen LogP) is 0.779. The quantitative estimate of drug-likeness (QED) is 0.826. The molecule has 0 atom stereocenters. The van der Waals surface area contributed by atoms with Gasteiger partial charge in [-0.25, -0.2) is 9.97 Å². The number of hydrogen-bond donors (Lipinski definition) is 0. The first-order valence-electron chi connectivity index (χ1n) is 8.18. The van der Waals surface area contributed by atoms with Crippen molar-refractivity contribution in [3.63, 3.8) is 0 Å². The standard InChI is InChI=1S/C16H22N6O/c1-13-14(9-19-23-13)10-20-11-15(12-20)21-5-7-22(8-6-21)16-17-3-2-4-18-16/h2-4,9,15H,5-8,10-12H2,1H3. The van der Waals surface area contributed by atoms with Gasteiger partial charge in [0.1, 0.15) is 5.76 Å². The fraction of sp³-hybridized carbons (Fsp3) is 0.562. The number of anilines is 1. The summed E-state index contributed by atoms with van der Waals surface area (Å²) < 4.78 is 5.13. The molecular weight excluding hydrogens is 292 g/mol. The van der Waals surface area contributed by atoms with Gasteiger partial charge in [0.05, 0.1) is 6.20 Å². The number of nitrogens with zero attached hydrogens (tertiary/aromatic N) is 6. The van der Waals surface area contributed by atoms with E-state index in [0.717, 1.165) is 57.5 Å². The minimum Gasteiger partial charge on any atom is -0.361 e. The molecule has 2 fully saturated rings. The van der Waals surface area contributed by atoms with Crippen molar-refractivity contribution >= 4 is 5.95 Å². The van der Waals surface area contributed by atoms with Crippen LogP contribution < -0.4 is 4.90 Å². The van der Waals surface area contributed by atoms with Crippen LogP contribution in [0.25, 0.3) is 0 Å². The largest absolute Gasteiger partial charge is 0.361 e. The third kappa shape index (κ3) is 3.07. The highest BCUT2D eigenvalue weighted by Gasteiger charge is 2.34. The first kappa shape index (κ1) is 14.6. The maximum Gasteiger partial charge on any atom is 0.225 e. The third-order valence-electron chi connectivity index (χ3n) is 4.85. The Morgan fingerprint density at radius 2 is 1.87 bits per heavy atom. The average Bonchev–Trinajstić information content (AvgIpc) is 2.97. The molecule has 23 heavy (non-hydrogen) atoms. The molecule has 0 spiro atoms. The van der Waals surface area contributed by atoms with Gasteiger partial charge in [0.2, 0.25) is 5.95 Å². The lowest BCUT2D eigenvalue weighted by atomic mass is 10.0. The van der Waals surface area contributed by atoms with Gasteiger partial charge in [-0.05, 0) is 13.0 Å². The van der Waals surface area contributed by atoms with Crippen molar-refractivity contribution in [2.24, 2.45) is 0 Å². The van der Waals surface area contributed by atoms with Crippen LogP contribution in [0.15, 0.2) is 29.2 Å². The number of piperazine rings is 1. The second-order valence-electron chi connectivity index (χ2n) is 6.33. The highest BCUT2D eigenvalue weighted by atomic mass is 16.5. The normalized spacial score (nSPS) is 20.7. The van der Waals surface area contributed by atoms with E-state index in [2.05, 4.69) is 29.8 Å². The van der Waals surface area contributed by atoms with Crippen molar-refractivity contribution in [1.82, 2.24) is 24.9 Å². The Labute approximate surface area is 135 Å².